The fourth-order valence-electron chi connectivity index (χ4n) is 2.98. The Labute approximate surface area is 132 Å². The Morgan fingerprint density at radius 2 is 2.23 bits per heavy atom. The number of nitrogens with zero attached hydrogens (tertiary/aromatic N) is 4. The molecule has 1 aliphatic rings. The minimum Gasteiger partial charge on any atom is -0.387 e. The van der Waals surface area contributed by atoms with Crippen LogP contribution < -0.4 is 0 Å². The van der Waals surface area contributed by atoms with E-state index in [1.807, 2.05) is 49.3 Å². The molecule has 2 heterocycles. The zero-order valence-corrected chi connectivity index (χ0v) is 13.7. The van der Waals surface area contributed by atoms with E-state index in [1.54, 1.807) is 11.1 Å². The number of amides is 1. The first-order valence-electron chi connectivity index (χ1n) is 7.60. The van der Waals surface area contributed by atoms with Crippen molar-refractivity contribution in [2.45, 2.75) is 18.6 Å². The van der Waals surface area contributed by atoms with Gasteiger partial charge >= 0.3 is 0 Å². The van der Waals surface area contributed by atoms with E-state index in [2.05, 4.69) is 4.98 Å². The molecule has 22 heavy (non-hydrogen) atoms. The first kappa shape index (κ1) is 16.9. The van der Waals surface area contributed by atoms with Crippen molar-refractivity contribution in [3.05, 3.63) is 30.1 Å². The monoisotopic (exact) mass is 306 g/mol. The van der Waals surface area contributed by atoms with Gasteiger partial charge in [-0.25, -0.2) is 0 Å². The molecular formula is C16H26N4O2. The van der Waals surface area contributed by atoms with Crippen molar-refractivity contribution in [1.82, 2.24) is 19.7 Å². The number of hydrogen-bond donors (Lipinski definition) is 1. The summed E-state index contributed by atoms with van der Waals surface area (Å²) in [5.41, 5.74) is 0.310. The lowest BCUT2D eigenvalue weighted by atomic mass is 10.0. The number of aromatic nitrogens is 1. The summed E-state index contributed by atoms with van der Waals surface area (Å²) in [5, 5.41) is 10.5. The molecule has 0 aromatic carbocycles. The van der Waals surface area contributed by atoms with Crippen molar-refractivity contribution < 1.29 is 9.90 Å². The van der Waals surface area contributed by atoms with Crippen LogP contribution in [0.2, 0.25) is 0 Å². The number of rotatable bonds is 6. The minimum atomic E-state index is -0.777. The molecule has 1 saturated heterocycles. The van der Waals surface area contributed by atoms with Crippen LogP contribution >= 0.6 is 0 Å². The summed E-state index contributed by atoms with van der Waals surface area (Å²) < 4.78 is 0. The molecule has 1 aliphatic heterocycles. The molecule has 0 aliphatic carbocycles. The number of carbonyl (C=O) groups excluding carboxylic acids is 1. The number of likely N-dealkylation sites (tertiary alicyclic amines) is 1. The van der Waals surface area contributed by atoms with Crippen molar-refractivity contribution in [3.8, 4) is 0 Å². The summed E-state index contributed by atoms with van der Waals surface area (Å²) in [7, 11) is 5.79. The lowest BCUT2D eigenvalue weighted by molar-refractivity contribution is -0.132. The molecule has 1 N–H and O–H groups in total. The molecule has 0 saturated carbocycles. The van der Waals surface area contributed by atoms with Crippen LogP contribution in [0, 0.1) is 0 Å². The van der Waals surface area contributed by atoms with Gasteiger partial charge in [0.1, 0.15) is 0 Å². The highest BCUT2D eigenvalue weighted by atomic mass is 16.3. The SMILES string of the molecule is CN(C)CC1(O)CCN(C(=O)CN(C)Cc2cccnc2)C1. The first-order valence-corrected chi connectivity index (χ1v) is 7.60. The number of hydrogen-bond acceptors (Lipinski definition) is 5. The Morgan fingerprint density at radius 3 is 2.86 bits per heavy atom. The van der Waals surface area contributed by atoms with E-state index in [-0.39, 0.29) is 5.91 Å². The van der Waals surface area contributed by atoms with Crippen molar-refractivity contribution >= 4 is 5.91 Å². The van der Waals surface area contributed by atoms with Gasteiger partial charge in [0.05, 0.1) is 18.7 Å². The Kier molecular flexibility index (Phi) is 5.50. The van der Waals surface area contributed by atoms with Crippen LogP contribution in [0.4, 0.5) is 0 Å². The van der Waals surface area contributed by atoms with Crippen molar-refractivity contribution in [3.63, 3.8) is 0 Å². The van der Waals surface area contributed by atoms with Gasteiger partial charge in [-0.15, -0.1) is 0 Å². The largest absolute Gasteiger partial charge is 0.387 e. The van der Waals surface area contributed by atoms with Crippen LogP contribution in [-0.4, -0.2) is 83.6 Å². The number of aliphatic hydroxyl groups is 1. The Hall–Kier alpha value is -1.50. The Bertz CT molecular complexity index is 494. The average molecular weight is 306 g/mol. The fourth-order valence-corrected chi connectivity index (χ4v) is 2.98. The van der Waals surface area contributed by atoms with E-state index in [0.717, 1.165) is 5.56 Å². The third-order valence-corrected chi connectivity index (χ3v) is 3.88. The van der Waals surface area contributed by atoms with Gasteiger partial charge in [0, 0.05) is 32.0 Å². The Balaban J connectivity index is 1.83. The number of pyridine rings is 1. The molecule has 0 bridgehead atoms. The van der Waals surface area contributed by atoms with E-state index >= 15 is 0 Å². The molecule has 1 aromatic rings. The second-order valence-corrected chi connectivity index (χ2v) is 6.56. The predicted octanol–water partition coefficient (Wildman–Crippen LogP) is 0.0384. The maximum atomic E-state index is 12.4. The van der Waals surface area contributed by atoms with E-state index in [4.69, 9.17) is 0 Å². The predicted molar refractivity (Wildman–Crippen MR) is 85.3 cm³/mol. The van der Waals surface area contributed by atoms with Crippen LogP contribution in [0.25, 0.3) is 0 Å². The molecule has 122 valence electrons. The molecule has 1 amide bonds. The molecule has 1 unspecified atom stereocenters. The molecule has 0 spiro atoms. The standard InChI is InChI=1S/C16H26N4O2/c1-18(2)12-16(22)6-8-20(13-16)15(21)11-19(3)10-14-5-4-7-17-9-14/h4-5,7,9,22H,6,8,10-13H2,1-3H3. The highest BCUT2D eigenvalue weighted by Crippen LogP contribution is 2.22. The van der Waals surface area contributed by atoms with E-state index < -0.39 is 5.60 Å². The van der Waals surface area contributed by atoms with Crippen LogP contribution in [0.3, 0.4) is 0 Å². The van der Waals surface area contributed by atoms with Gasteiger partial charge in [-0.2, -0.15) is 0 Å². The second kappa shape index (κ2) is 7.17. The van der Waals surface area contributed by atoms with E-state index in [1.165, 1.54) is 0 Å². The van der Waals surface area contributed by atoms with Gasteiger partial charge in [-0.1, -0.05) is 6.07 Å². The van der Waals surface area contributed by atoms with Gasteiger partial charge in [-0.05, 0) is 39.2 Å². The molecule has 1 atom stereocenters. The quantitative estimate of drug-likeness (QED) is 0.804. The molecule has 6 heteroatoms. The summed E-state index contributed by atoms with van der Waals surface area (Å²) >= 11 is 0. The topological polar surface area (TPSA) is 59.9 Å². The number of carbonyl (C=O) groups is 1. The lowest BCUT2D eigenvalue weighted by Gasteiger charge is -2.27. The highest BCUT2D eigenvalue weighted by molar-refractivity contribution is 5.78. The summed E-state index contributed by atoms with van der Waals surface area (Å²) in [6.07, 6.45) is 4.19. The molecule has 2 rings (SSSR count). The average Bonchev–Trinajstić information content (AvgIpc) is 2.81. The minimum absolute atomic E-state index is 0.0704. The third kappa shape index (κ3) is 4.76. The zero-order chi connectivity index (χ0) is 16.2. The molecule has 1 fully saturated rings. The van der Waals surface area contributed by atoms with E-state index in [0.29, 0.717) is 39.1 Å². The molecule has 1 aromatic heterocycles. The summed E-state index contributed by atoms with van der Waals surface area (Å²) in [6.45, 7) is 2.68. The molecular weight excluding hydrogens is 280 g/mol. The smallest absolute Gasteiger partial charge is 0.236 e. The fraction of sp³-hybridized carbons (Fsp3) is 0.625. The highest BCUT2D eigenvalue weighted by Gasteiger charge is 2.38. The zero-order valence-electron chi connectivity index (χ0n) is 13.7. The van der Waals surface area contributed by atoms with Gasteiger partial charge in [0.15, 0.2) is 0 Å². The van der Waals surface area contributed by atoms with Gasteiger partial charge in [-0.3, -0.25) is 14.7 Å². The van der Waals surface area contributed by atoms with Gasteiger partial charge in [0.2, 0.25) is 5.91 Å². The van der Waals surface area contributed by atoms with Crippen molar-refractivity contribution in [1.29, 1.82) is 0 Å². The van der Waals surface area contributed by atoms with E-state index in [9.17, 15) is 9.90 Å². The number of likely N-dealkylation sites (N-methyl/N-ethyl adjacent to an activating group) is 2. The summed E-state index contributed by atoms with van der Waals surface area (Å²) in [5.74, 6) is 0.0704. The first-order chi connectivity index (χ1) is 10.4. The van der Waals surface area contributed by atoms with Crippen LogP contribution in [0.1, 0.15) is 12.0 Å². The normalized spacial score (nSPS) is 21.8. The summed E-state index contributed by atoms with van der Waals surface area (Å²) in [4.78, 5) is 22.1. The van der Waals surface area contributed by atoms with Crippen LogP contribution in [0.5, 0.6) is 0 Å². The van der Waals surface area contributed by atoms with Crippen molar-refractivity contribution in [2.75, 3.05) is 47.3 Å². The van der Waals surface area contributed by atoms with Crippen LogP contribution in [-0.2, 0) is 11.3 Å². The van der Waals surface area contributed by atoms with Gasteiger partial charge in [0.25, 0.3) is 0 Å². The van der Waals surface area contributed by atoms with Gasteiger partial charge < -0.3 is 14.9 Å². The maximum Gasteiger partial charge on any atom is 0.236 e. The Morgan fingerprint density at radius 1 is 1.45 bits per heavy atom. The molecule has 0 radical (unpaired) electrons. The molecule has 6 nitrogen and oxygen atoms in total. The third-order valence-electron chi connectivity index (χ3n) is 3.88. The van der Waals surface area contributed by atoms with Crippen LogP contribution in [0.15, 0.2) is 24.5 Å². The second-order valence-electron chi connectivity index (χ2n) is 6.56. The number of β-amino-alcohol motifs (C(OH)–C–C–N with tert-alkyl or cyclic N) is 1. The van der Waals surface area contributed by atoms with Crippen molar-refractivity contribution in [2.24, 2.45) is 0 Å². The lowest BCUT2D eigenvalue weighted by Crippen LogP contribution is -2.45. The summed E-state index contributed by atoms with van der Waals surface area (Å²) in [6, 6.07) is 3.90. The maximum absolute atomic E-state index is 12.4.